The fourth-order valence-electron chi connectivity index (χ4n) is 1.62. The van der Waals surface area contributed by atoms with Crippen LogP contribution in [0.25, 0.3) is 0 Å². The molecule has 2 aromatic rings. The lowest BCUT2D eigenvalue weighted by atomic mass is 10.1. The molecule has 0 saturated carbocycles. The van der Waals surface area contributed by atoms with E-state index in [1.807, 2.05) is 0 Å². The lowest BCUT2D eigenvalue weighted by Gasteiger charge is -2.12. The number of halogens is 4. The van der Waals surface area contributed by atoms with Gasteiger partial charge in [0.1, 0.15) is 0 Å². The largest absolute Gasteiger partial charge is 0.416 e. The molecule has 1 aromatic carbocycles. The zero-order valence-corrected chi connectivity index (χ0v) is 11.6. The van der Waals surface area contributed by atoms with Crippen molar-refractivity contribution in [3.8, 4) is 0 Å². The zero-order valence-electron chi connectivity index (χ0n) is 10.0. The Labute approximate surface area is 118 Å². The van der Waals surface area contributed by atoms with E-state index in [0.717, 1.165) is 22.6 Å². The average molecular weight is 306 g/mol. The molecule has 0 unspecified atom stereocenters. The molecule has 6 heteroatoms. The molecule has 0 aliphatic carbocycles. The summed E-state index contributed by atoms with van der Waals surface area (Å²) >= 11 is 7.26. The molecule has 0 bridgehead atoms. The van der Waals surface area contributed by atoms with Crippen LogP contribution in [-0.4, -0.2) is 0 Å². The van der Waals surface area contributed by atoms with Crippen LogP contribution in [0.4, 0.5) is 18.9 Å². The maximum absolute atomic E-state index is 12.6. The van der Waals surface area contributed by atoms with Crippen molar-refractivity contribution in [2.45, 2.75) is 19.6 Å². The van der Waals surface area contributed by atoms with Gasteiger partial charge in [0, 0.05) is 22.5 Å². The highest BCUT2D eigenvalue weighted by atomic mass is 35.5. The highest BCUT2D eigenvalue weighted by molar-refractivity contribution is 7.10. The van der Waals surface area contributed by atoms with Crippen molar-refractivity contribution in [1.82, 2.24) is 0 Å². The lowest BCUT2D eigenvalue weighted by molar-refractivity contribution is -0.137. The molecule has 0 spiro atoms. The van der Waals surface area contributed by atoms with Gasteiger partial charge in [0.2, 0.25) is 0 Å². The smallest absolute Gasteiger partial charge is 0.380 e. The zero-order chi connectivity index (χ0) is 14.0. The van der Waals surface area contributed by atoms with Gasteiger partial charge in [-0.15, -0.1) is 11.3 Å². The van der Waals surface area contributed by atoms with Crippen molar-refractivity contribution in [2.24, 2.45) is 0 Å². The quantitative estimate of drug-likeness (QED) is 0.807. The minimum Gasteiger partial charge on any atom is -0.380 e. The van der Waals surface area contributed by atoms with Crippen LogP contribution in [0.15, 0.2) is 29.6 Å². The molecule has 0 aliphatic rings. The summed E-state index contributed by atoms with van der Waals surface area (Å²) in [4.78, 5) is 0.974. The summed E-state index contributed by atoms with van der Waals surface area (Å²) in [6.07, 6.45) is -4.32. The fourth-order valence-corrected chi connectivity index (χ4v) is 2.63. The Hall–Kier alpha value is -1.20. The first-order valence-electron chi connectivity index (χ1n) is 5.51. The van der Waals surface area contributed by atoms with Gasteiger partial charge >= 0.3 is 6.18 Å². The van der Waals surface area contributed by atoms with Gasteiger partial charge in [0.05, 0.1) is 10.6 Å². The number of anilines is 1. The van der Waals surface area contributed by atoms with Gasteiger partial charge in [-0.1, -0.05) is 17.7 Å². The van der Waals surface area contributed by atoms with Gasteiger partial charge in [0.25, 0.3) is 0 Å². The second-order valence-electron chi connectivity index (χ2n) is 4.11. The molecule has 0 saturated heterocycles. The monoisotopic (exact) mass is 305 g/mol. The summed E-state index contributed by atoms with van der Waals surface area (Å²) in [6.45, 7) is 2.23. The minimum atomic E-state index is -4.32. The van der Waals surface area contributed by atoms with Crippen LogP contribution in [0, 0.1) is 6.92 Å². The molecular formula is C13H11ClF3NS. The molecule has 1 aromatic heterocycles. The molecule has 1 nitrogen and oxygen atoms in total. The van der Waals surface area contributed by atoms with Crippen LogP contribution in [-0.2, 0) is 12.7 Å². The third-order valence-electron chi connectivity index (χ3n) is 2.64. The first-order valence-corrected chi connectivity index (χ1v) is 6.76. The maximum Gasteiger partial charge on any atom is 0.416 e. The normalized spacial score (nSPS) is 11.6. The number of nitrogens with one attached hydrogen (secondary N) is 1. The van der Waals surface area contributed by atoms with Crippen molar-refractivity contribution >= 4 is 28.6 Å². The SMILES string of the molecule is Cc1ccc(C(F)(F)F)cc1NCc1cc(Cl)cs1. The molecule has 0 fully saturated rings. The summed E-state index contributed by atoms with van der Waals surface area (Å²) in [5.41, 5.74) is 0.611. The second-order valence-corrected chi connectivity index (χ2v) is 5.54. The topological polar surface area (TPSA) is 12.0 Å². The van der Waals surface area contributed by atoms with Gasteiger partial charge in [0.15, 0.2) is 0 Å². The molecule has 1 heterocycles. The summed E-state index contributed by atoms with van der Waals surface area (Å²) in [5.74, 6) is 0. The Morgan fingerprint density at radius 3 is 2.58 bits per heavy atom. The van der Waals surface area contributed by atoms with E-state index in [0.29, 0.717) is 17.3 Å². The third-order valence-corrected chi connectivity index (χ3v) is 3.92. The molecular weight excluding hydrogens is 295 g/mol. The summed E-state index contributed by atoms with van der Waals surface area (Å²) < 4.78 is 37.9. The summed E-state index contributed by atoms with van der Waals surface area (Å²) in [6, 6.07) is 5.47. The summed E-state index contributed by atoms with van der Waals surface area (Å²) in [7, 11) is 0. The molecule has 0 radical (unpaired) electrons. The van der Waals surface area contributed by atoms with Gasteiger partial charge in [-0.2, -0.15) is 13.2 Å². The highest BCUT2D eigenvalue weighted by Crippen LogP contribution is 2.32. The maximum atomic E-state index is 12.6. The minimum absolute atomic E-state index is 0.458. The Morgan fingerprint density at radius 1 is 1.26 bits per heavy atom. The number of rotatable bonds is 3. The predicted octanol–water partition coefficient (Wildman–Crippen LogP) is 5.34. The molecule has 0 amide bonds. The molecule has 1 N–H and O–H groups in total. The van der Waals surface area contributed by atoms with E-state index in [1.165, 1.54) is 17.4 Å². The first kappa shape index (κ1) is 14.2. The molecule has 19 heavy (non-hydrogen) atoms. The molecule has 0 aliphatic heterocycles. The van der Waals surface area contributed by atoms with Gasteiger partial charge in [-0.3, -0.25) is 0 Å². The molecule has 102 valence electrons. The Kier molecular flexibility index (Phi) is 4.06. The van der Waals surface area contributed by atoms with Crippen molar-refractivity contribution in [2.75, 3.05) is 5.32 Å². The Bertz CT molecular complexity index is 578. The van der Waals surface area contributed by atoms with Gasteiger partial charge in [-0.05, 0) is 30.7 Å². The van der Waals surface area contributed by atoms with Crippen LogP contribution in [0.5, 0.6) is 0 Å². The lowest BCUT2D eigenvalue weighted by Crippen LogP contribution is -2.07. The predicted molar refractivity (Wildman–Crippen MR) is 72.8 cm³/mol. The number of hydrogen-bond donors (Lipinski definition) is 1. The van der Waals surface area contributed by atoms with Crippen LogP contribution >= 0.6 is 22.9 Å². The number of thiophene rings is 1. The van der Waals surface area contributed by atoms with Crippen LogP contribution < -0.4 is 5.32 Å². The van der Waals surface area contributed by atoms with Gasteiger partial charge < -0.3 is 5.32 Å². The highest BCUT2D eigenvalue weighted by Gasteiger charge is 2.30. The Balaban J connectivity index is 2.15. The van der Waals surface area contributed by atoms with E-state index < -0.39 is 11.7 Å². The molecule has 0 atom stereocenters. The average Bonchev–Trinajstić information content (AvgIpc) is 2.72. The van der Waals surface area contributed by atoms with E-state index in [-0.39, 0.29) is 0 Å². The van der Waals surface area contributed by atoms with E-state index in [9.17, 15) is 13.2 Å². The van der Waals surface area contributed by atoms with Crippen molar-refractivity contribution < 1.29 is 13.2 Å². The van der Waals surface area contributed by atoms with Gasteiger partial charge in [-0.25, -0.2) is 0 Å². The van der Waals surface area contributed by atoms with E-state index in [2.05, 4.69) is 5.32 Å². The van der Waals surface area contributed by atoms with E-state index >= 15 is 0 Å². The fraction of sp³-hybridized carbons (Fsp3) is 0.231. The van der Waals surface area contributed by atoms with Crippen LogP contribution in [0.2, 0.25) is 5.02 Å². The van der Waals surface area contributed by atoms with Crippen molar-refractivity contribution in [3.05, 3.63) is 50.7 Å². The van der Waals surface area contributed by atoms with Crippen molar-refractivity contribution in [1.29, 1.82) is 0 Å². The summed E-state index contributed by atoms with van der Waals surface area (Å²) in [5, 5.41) is 5.44. The Morgan fingerprint density at radius 2 is 2.00 bits per heavy atom. The van der Waals surface area contributed by atoms with Crippen LogP contribution in [0.1, 0.15) is 16.0 Å². The van der Waals surface area contributed by atoms with Crippen molar-refractivity contribution in [3.63, 3.8) is 0 Å². The number of aryl methyl sites for hydroxylation is 1. The number of benzene rings is 1. The number of alkyl halides is 3. The first-order chi connectivity index (χ1) is 8.86. The molecule has 2 rings (SSSR count). The third kappa shape index (κ3) is 3.64. The van der Waals surface area contributed by atoms with E-state index in [4.69, 9.17) is 11.6 Å². The van der Waals surface area contributed by atoms with E-state index in [1.54, 1.807) is 18.4 Å². The van der Waals surface area contributed by atoms with Crippen LogP contribution in [0.3, 0.4) is 0 Å². The standard InChI is InChI=1S/C13H11ClF3NS/c1-8-2-3-9(13(15,16)17)4-12(8)18-6-11-5-10(14)7-19-11/h2-5,7,18H,6H2,1H3. The number of hydrogen-bond acceptors (Lipinski definition) is 2. The second kappa shape index (κ2) is 5.43.